The molecule has 112 valence electrons. The van der Waals surface area contributed by atoms with Crippen LogP contribution in [0, 0.1) is 0 Å². The summed E-state index contributed by atoms with van der Waals surface area (Å²) < 4.78 is 0. The topological polar surface area (TPSA) is 52.9 Å². The average Bonchev–Trinajstić information content (AvgIpc) is 2.74. The van der Waals surface area contributed by atoms with E-state index in [1.165, 1.54) is 4.90 Å². The molecule has 7 heteroatoms. The molecule has 22 heavy (non-hydrogen) atoms. The smallest absolute Gasteiger partial charge is 0.281 e. The maximum atomic E-state index is 12.4. The van der Waals surface area contributed by atoms with Crippen molar-refractivity contribution in [2.45, 2.75) is 6.54 Å². The van der Waals surface area contributed by atoms with Crippen molar-refractivity contribution in [2.75, 3.05) is 4.90 Å². The standard InChI is InChI=1S/C15H9Cl3N2O2/c16-9-2-4-13-10(6-9)14(19-22)15(21)20(13)7-8-1-3-11(17)12(18)5-8/h1-6,22H,7H2/b19-14-. The van der Waals surface area contributed by atoms with Crippen LogP contribution in [-0.2, 0) is 11.3 Å². The third-order valence-corrected chi connectivity index (χ3v) is 4.35. The summed E-state index contributed by atoms with van der Waals surface area (Å²) in [4.78, 5) is 13.9. The molecule has 0 fully saturated rings. The highest BCUT2D eigenvalue weighted by molar-refractivity contribution is 6.54. The van der Waals surface area contributed by atoms with Crippen molar-refractivity contribution in [2.24, 2.45) is 5.16 Å². The Hall–Kier alpha value is -1.75. The fraction of sp³-hybridized carbons (Fsp3) is 0.0667. The van der Waals surface area contributed by atoms with Gasteiger partial charge in [-0.05, 0) is 35.9 Å². The SMILES string of the molecule is O=C1/C(=N\O)c2cc(Cl)ccc2N1Cc1ccc(Cl)c(Cl)c1. The molecule has 3 rings (SSSR count). The van der Waals surface area contributed by atoms with Crippen LogP contribution in [0.5, 0.6) is 0 Å². The van der Waals surface area contributed by atoms with Gasteiger partial charge in [-0.3, -0.25) is 4.79 Å². The van der Waals surface area contributed by atoms with Gasteiger partial charge in [-0.25, -0.2) is 0 Å². The second kappa shape index (κ2) is 5.80. The van der Waals surface area contributed by atoms with Gasteiger partial charge >= 0.3 is 0 Å². The molecule has 1 amide bonds. The molecule has 0 spiro atoms. The van der Waals surface area contributed by atoms with Crippen molar-refractivity contribution in [3.05, 3.63) is 62.6 Å². The van der Waals surface area contributed by atoms with Gasteiger partial charge in [0, 0.05) is 10.6 Å². The van der Waals surface area contributed by atoms with Gasteiger partial charge in [0.05, 0.1) is 22.3 Å². The Morgan fingerprint density at radius 3 is 2.50 bits per heavy atom. The molecule has 0 radical (unpaired) electrons. The van der Waals surface area contributed by atoms with E-state index in [0.29, 0.717) is 26.3 Å². The van der Waals surface area contributed by atoms with Crippen molar-refractivity contribution in [1.82, 2.24) is 0 Å². The van der Waals surface area contributed by atoms with Crippen LogP contribution in [0.4, 0.5) is 5.69 Å². The highest BCUT2D eigenvalue weighted by Crippen LogP contribution is 2.33. The zero-order valence-corrected chi connectivity index (χ0v) is 13.3. The van der Waals surface area contributed by atoms with Crippen LogP contribution in [0.3, 0.4) is 0 Å². The number of anilines is 1. The third-order valence-electron chi connectivity index (χ3n) is 3.38. The molecule has 0 saturated heterocycles. The third kappa shape index (κ3) is 2.54. The molecular formula is C15H9Cl3N2O2. The van der Waals surface area contributed by atoms with Crippen molar-refractivity contribution in [3.8, 4) is 0 Å². The zero-order valence-electron chi connectivity index (χ0n) is 11.1. The number of carbonyl (C=O) groups is 1. The largest absolute Gasteiger partial charge is 0.410 e. The highest BCUT2D eigenvalue weighted by Gasteiger charge is 2.34. The molecule has 4 nitrogen and oxygen atoms in total. The Morgan fingerprint density at radius 1 is 1.05 bits per heavy atom. The van der Waals surface area contributed by atoms with Crippen molar-refractivity contribution >= 4 is 52.1 Å². The highest BCUT2D eigenvalue weighted by atomic mass is 35.5. The number of fused-ring (bicyclic) bond motifs is 1. The maximum Gasteiger partial charge on any atom is 0.281 e. The molecular weight excluding hydrogens is 347 g/mol. The first-order valence-electron chi connectivity index (χ1n) is 6.29. The number of halogens is 3. The molecule has 2 aromatic carbocycles. The number of benzene rings is 2. The summed E-state index contributed by atoms with van der Waals surface area (Å²) in [5.41, 5.74) is 1.91. The Kier molecular flexibility index (Phi) is 4.00. The van der Waals surface area contributed by atoms with E-state index < -0.39 is 5.91 Å². The second-order valence-corrected chi connectivity index (χ2v) is 6.00. The lowest BCUT2D eigenvalue weighted by atomic mass is 10.1. The van der Waals surface area contributed by atoms with E-state index in [0.717, 1.165) is 5.56 Å². The summed E-state index contributed by atoms with van der Waals surface area (Å²) >= 11 is 17.8. The first-order valence-corrected chi connectivity index (χ1v) is 7.42. The number of rotatable bonds is 2. The lowest BCUT2D eigenvalue weighted by Crippen LogP contribution is -2.29. The summed E-state index contributed by atoms with van der Waals surface area (Å²) in [5.74, 6) is -0.397. The van der Waals surface area contributed by atoms with Gasteiger partial charge in [0.1, 0.15) is 0 Å². The zero-order chi connectivity index (χ0) is 15.9. The van der Waals surface area contributed by atoms with Crippen molar-refractivity contribution in [1.29, 1.82) is 0 Å². The molecule has 1 aliphatic rings. The minimum absolute atomic E-state index is 0.0300. The van der Waals surface area contributed by atoms with E-state index in [2.05, 4.69) is 5.16 Å². The van der Waals surface area contributed by atoms with E-state index in [1.54, 1.807) is 36.4 Å². The van der Waals surface area contributed by atoms with Gasteiger partial charge < -0.3 is 10.1 Å². The summed E-state index contributed by atoms with van der Waals surface area (Å²) in [5, 5.41) is 13.5. The number of amides is 1. The van der Waals surface area contributed by atoms with Crippen LogP contribution in [0.2, 0.25) is 15.1 Å². The summed E-state index contributed by atoms with van der Waals surface area (Å²) in [7, 11) is 0. The van der Waals surface area contributed by atoms with Crippen LogP contribution in [0.15, 0.2) is 41.6 Å². The van der Waals surface area contributed by atoms with Gasteiger partial charge in [-0.1, -0.05) is 46.0 Å². The number of carbonyl (C=O) groups excluding carboxylic acids is 1. The summed E-state index contributed by atoms with van der Waals surface area (Å²) in [6.07, 6.45) is 0. The summed E-state index contributed by atoms with van der Waals surface area (Å²) in [6.45, 7) is 0.281. The number of oxime groups is 1. The minimum Gasteiger partial charge on any atom is -0.410 e. The Bertz CT molecular complexity index is 805. The van der Waals surface area contributed by atoms with Crippen LogP contribution in [-0.4, -0.2) is 16.8 Å². The van der Waals surface area contributed by atoms with Crippen LogP contribution in [0.1, 0.15) is 11.1 Å². The van der Waals surface area contributed by atoms with E-state index in [9.17, 15) is 4.79 Å². The van der Waals surface area contributed by atoms with Crippen molar-refractivity contribution in [3.63, 3.8) is 0 Å². The predicted octanol–water partition coefficient (Wildman–Crippen LogP) is 4.37. The van der Waals surface area contributed by atoms with Gasteiger partial charge in [0.15, 0.2) is 5.71 Å². The molecule has 0 aliphatic carbocycles. The minimum atomic E-state index is -0.397. The average molecular weight is 356 g/mol. The molecule has 2 aromatic rings. The molecule has 0 atom stereocenters. The Labute approximate surface area is 141 Å². The van der Waals surface area contributed by atoms with Crippen LogP contribution in [0.25, 0.3) is 0 Å². The molecule has 0 saturated carbocycles. The maximum absolute atomic E-state index is 12.4. The normalized spacial score (nSPS) is 15.5. The van der Waals surface area contributed by atoms with Gasteiger partial charge in [0.25, 0.3) is 5.91 Å². The Morgan fingerprint density at radius 2 is 1.82 bits per heavy atom. The molecule has 0 unspecified atom stereocenters. The fourth-order valence-electron chi connectivity index (χ4n) is 2.36. The molecule has 1 aliphatic heterocycles. The Balaban J connectivity index is 2.01. The second-order valence-electron chi connectivity index (χ2n) is 4.75. The fourth-order valence-corrected chi connectivity index (χ4v) is 2.85. The van der Waals surface area contributed by atoms with Crippen molar-refractivity contribution < 1.29 is 10.0 Å². The van der Waals surface area contributed by atoms with Crippen LogP contribution < -0.4 is 4.90 Å². The first-order chi connectivity index (χ1) is 10.5. The summed E-state index contributed by atoms with van der Waals surface area (Å²) in [6, 6.07) is 10.1. The lowest BCUT2D eigenvalue weighted by Gasteiger charge is -2.17. The van der Waals surface area contributed by atoms with Gasteiger partial charge in [0.2, 0.25) is 0 Å². The molecule has 1 N–H and O–H groups in total. The predicted molar refractivity (Wildman–Crippen MR) is 87.4 cm³/mol. The van der Waals surface area contributed by atoms with E-state index in [-0.39, 0.29) is 12.3 Å². The number of hydrogen-bond donors (Lipinski definition) is 1. The van der Waals surface area contributed by atoms with E-state index in [1.807, 2.05) is 0 Å². The quantitative estimate of drug-likeness (QED) is 0.642. The van der Waals surface area contributed by atoms with E-state index in [4.69, 9.17) is 40.0 Å². The number of nitrogens with zero attached hydrogens (tertiary/aromatic N) is 2. The first kappa shape index (κ1) is 15.2. The monoisotopic (exact) mass is 354 g/mol. The molecule has 0 aromatic heterocycles. The number of hydrogen-bond acceptors (Lipinski definition) is 3. The van der Waals surface area contributed by atoms with Crippen LogP contribution >= 0.6 is 34.8 Å². The molecule has 0 bridgehead atoms. The van der Waals surface area contributed by atoms with Gasteiger partial charge in [-0.2, -0.15) is 0 Å². The van der Waals surface area contributed by atoms with Gasteiger partial charge in [-0.15, -0.1) is 0 Å². The lowest BCUT2D eigenvalue weighted by molar-refractivity contribution is -0.112. The van der Waals surface area contributed by atoms with E-state index >= 15 is 0 Å². The molecule has 1 heterocycles.